The molecule has 1 aliphatic carbocycles. The molecule has 0 bridgehead atoms. The van der Waals surface area contributed by atoms with Gasteiger partial charge in [0.25, 0.3) is 5.91 Å². The zero-order valence-electron chi connectivity index (χ0n) is 15.6. The van der Waals surface area contributed by atoms with E-state index in [1.54, 1.807) is 26.0 Å². The van der Waals surface area contributed by atoms with E-state index in [-0.39, 0.29) is 11.8 Å². The van der Waals surface area contributed by atoms with Crippen molar-refractivity contribution in [2.24, 2.45) is 5.92 Å². The zero-order valence-corrected chi connectivity index (χ0v) is 17.1. The molecule has 5 nitrogen and oxygen atoms in total. The highest BCUT2D eigenvalue weighted by Gasteiger charge is 2.52. The lowest BCUT2D eigenvalue weighted by molar-refractivity contribution is -0.148. The highest BCUT2D eigenvalue weighted by molar-refractivity contribution is 6.51. The Labute approximate surface area is 164 Å². The average molecular weight is 402 g/mol. The Morgan fingerprint density at radius 2 is 1.77 bits per heavy atom. The van der Waals surface area contributed by atoms with Crippen LogP contribution in [0.15, 0.2) is 24.3 Å². The molecule has 0 heterocycles. The molecule has 0 radical (unpaired) electrons. The lowest BCUT2D eigenvalue weighted by atomic mass is 10.0. The van der Waals surface area contributed by atoms with Crippen molar-refractivity contribution in [1.29, 1.82) is 0 Å². The molecule has 1 fully saturated rings. The van der Waals surface area contributed by atoms with E-state index in [4.69, 9.17) is 32.7 Å². The van der Waals surface area contributed by atoms with Crippen LogP contribution >= 0.6 is 23.2 Å². The number of amides is 1. The smallest absolute Gasteiger partial charge is 0.328 e. The number of hydrogen-bond donors (Lipinski definition) is 1. The predicted octanol–water partition coefficient (Wildman–Crippen LogP) is 3.82. The quantitative estimate of drug-likeness (QED) is 0.556. The van der Waals surface area contributed by atoms with E-state index in [1.165, 1.54) is 7.11 Å². The molecule has 2 rings (SSSR count). The third-order valence-electron chi connectivity index (χ3n) is 4.44. The third kappa shape index (κ3) is 4.83. The molecule has 0 saturated heterocycles. The van der Waals surface area contributed by atoms with Crippen molar-refractivity contribution in [3.63, 3.8) is 0 Å². The first kappa shape index (κ1) is 20.8. The molecule has 0 aromatic heterocycles. The Bertz CT molecular complexity index is 671. The molecule has 2 atom stereocenters. The van der Waals surface area contributed by atoms with Gasteiger partial charge in [-0.25, -0.2) is 4.79 Å². The minimum Gasteiger partial charge on any atom is -0.478 e. The summed E-state index contributed by atoms with van der Waals surface area (Å²) in [6, 6.07) is 6.63. The summed E-state index contributed by atoms with van der Waals surface area (Å²) in [5, 5.41) is 2.70. The number of halogens is 2. The van der Waals surface area contributed by atoms with Gasteiger partial charge < -0.3 is 14.8 Å². The molecule has 26 heavy (non-hydrogen) atoms. The largest absolute Gasteiger partial charge is 0.478 e. The molecule has 144 valence electrons. The Balaban J connectivity index is 2.02. The van der Waals surface area contributed by atoms with Crippen LogP contribution in [0.3, 0.4) is 0 Å². The highest BCUT2D eigenvalue weighted by Crippen LogP contribution is 2.59. The van der Waals surface area contributed by atoms with Crippen molar-refractivity contribution in [1.82, 2.24) is 5.32 Å². The van der Waals surface area contributed by atoms with Crippen LogP contribution in [0, 0.1) is 5.92 Å². The van der Waals surface area contributed by atoms with E-state index >= 15 is 0 Å². The van der Waals surface area contributed by atoms with Gasteiger partial charge >= 0.3 is 5.97 Å². The number of nitrogens with one attached hydrogen (secondary N) is 1. The summed E-state index contributed by atoms with van der Waals surface area (Å²) in [6.07, 6.45) is 0.730. The fourth-order valence-electron chi connectivity index (χ4n) is 2.62. The number of hydrogen-bond acceptors (Lipinski definition) is 4. The Hall–Kier alpha value is -1.46. The fourth-order valence-corrected chi connectivity index (χ4v) is 3.18. The monoisotopic (exact) mass is 401 g/mol. The second kappa shape index (κ2) is 7.65. The number of ether oxygens (including phenoxy) is 2. The molecule has 1 aromatic carbocycles. The van der Waals surface area contributed by atoms with Gasteiger partial charge in [-0.3, -0.25) is 4.79 Å². The van der Waals surface area contributed by atoms with Crippen molar-refractivity contribution in [3.8, 4) is 5.75 Å². The maximum Gasteiger partial charge on any atom is 0.328 e. The summed E-state index contributed by atoms with van der Waals surface area (Å²) in [5.41, 5.74) is -0.125. The second-order valence-electron chi connectivity index (χ2n) is 7.42. The van der Waals surface area contributed by atoms with Gasteiger partial charge in [-0.15, -0.1) is 23.2 Å². The van der Waals surface area contributed by atoms with Crippen LogP contribution in [0.1, 0.15) is 45.6 Å². The SMILES string of the molecule is COC(=O)C(NC(=O)C(C)(C)Oc1ccc(C2CC2(Cl)Cl)cc1)C(C)C. The maximum absolute atomic E-state index is 12.6. The fraction of sp³-hybridized carbons (Fsp3) is 0.579. The zero-order chi connectivity index (χ0) is 19.7. The van der Waals surface area contributed by atoms with Crippen molar-refractivity contribution in [2.45, 2.75) is 56.0 Å². The topological polar surface area (TPSA) is 64.6 Å². The normalized spacial score (nSPS) is 19.6. The summed E-state index contributed by atoms with van der Waals surface area (Å²) < 4.78 is 9.90. The lowest BCUT2D eigenvalue weighted by Crippen LogP contribution is -2.54. The third-order valence-corrected chi connectivity index (χ3v) is 5.27. The Kier molecular flexibility index (Phi) is 6.13. The average Bonchev–Trinajstić information content (AvgIpc) is 3.20. The van der Waals surface area contributed by atoms with Crippen LogP contribution in [-0.4, -0.2) is 35.0 Å². The molecule has 0 spiro atoms. The number of carbonyl (C=O) groups excluding carboxylic acids is 2. The van der Waals surface area contributed by atoms with E-state index in [9.17, 15) is 9.59 Å². The van der Waals surface area contributed by atoms with Crippen LogP contribution < -0.4 is 10.1 Å². The van der Waals surface area contributed by atoms with Crippen LogP contribution in [0.25, 0.3) is 0 Å². The molecular weight excluding hydrogens is 377 g/mol. The first-order chi connectivity index (χ1) is 12.0. The molecule has 7 heteroatoms. The van der Waals surface area contributed by atoms with E-state index in [0.717, 1.165) is 12.0 Å². The van der Waals surface area contributed by atoms with Gasteiger partial charge in [-0.05, 0) is 43.9 Å². The minimum absolute atomic E-state index is 0.105. The highest BCUT2D eigenvalue weighted by atomic mass is 35.5. The summed E-state index contributed by atoms with van der Waals surface area (Å²) in [7, 11) is 1.29. The summed E-state index contributed by atoms with van der Waals surface area (Å²) in [5.74, 6) is -0.310. The van der Waals surface area contributed by atoms with Crippen LogP contribution in [0.4, 0.5) is 0 Å². The van der Waals surface area contributed by atoms with Gasteiger partial charge in [0.15, 0.2) is 5.60 Å². The number of methoxy groups -OCH3 is 1. The predicted molar refractivity (Wildman–Crippen MR) is 102 cm³/mol. The first-order valence-corrected chi connectivity index (χ1v) is 9.29. The van der Waals surface area contributed by atoms with Crippen LogP contribution in [0.5, 0.6) is 5.75 Å². The van der Waals surface area contributed by atoms with Crippen molar-refractivity contribution in [3.05, 3.63) is 29.8 Å². The van der Waals surface area contributed by atoms with E-state index < -0.39 is 27.9 Å². The minimum atomic E-state index is -1.16. The molecule has 1 aliphatic rings. The van der Waals surface area contributed by atoms with E-state index in [2.05, 4.69) is 5.32 Å². The first-order valence-electron chi connectivity index (χ1n) is 8.53. The number of benzene rings is 1. The van der Waals surface area contributed by atoms with E-state index in [1.807, 2.05) is 26.0 Å². The molecule has 2 unspecified atom stereocenters. The Morgan fingerprint density at radius 3 is 2.19 bits per heavy atom. The van der Waals surface area contributed by atoms with Gasteiger partial charge in [-0.2, -0.15) is 0 Å². The van der Waals surface area contributed by atoms with E-state index in [0.29, 0.717) is 5.75 Å². The molecular formula is C19H25Cl2NO4. The summed E-state index contributed by atoms with van der Waals surface area (Å²) in [4.78, 5) is 24.4. The van der Waals surface area contributed by atoms with Crippen molar-refractivity contribution in [2.75, 3.05) is 7.11 Å². The molecule has 0 aliphatic heterocycles. The number of esters is 1. The lowest BCUT2D eigenvalue weighted by Gasteiger charge is -2.28. The van der Waals surface area contributed by atoms with Crippen LogP contribution in [0.2, 0.25) is 0 Å². The summed E-state index contributed by atoms with van der Waals surface area (Å²) in [6.45, 7) is 6.96. The van der Waals surface area contributed by atoms with Gasteiger partial charge in [0.2, 0.25) is 0 Å². The number of carbonyl (C=O) groups is 2. The number of rotatable bonds is 7. The molecule has 1 N–H and O–H groups in total. The summed E-state index contributed by atoms with van der Waals surface area (Å²) >= 11 is 12.2. The van der Waals surface area contributed by atoms with Crippen molar-refractivity contribution < 1.29 is 19.1 Å². The molecule has 1 saturated carbocycles. The molecule has 1 amide bonds. The molecule has 1 aromatic rings. The number of alkyl halides is 2. The van der Waals surface area contributed by atoms with Crippen molar-refractivity contribution >= 4 is 35.1 Å². The standard InChI is InChI=1S/C19H25Cl2NO4/c1-11(2)15(16(23)25-5)22-17(24)18(3,4)26-13-8-6-12(7-9-13)14-10-19(14,20)21/h6-9,11,14-15H,10H2,1-5H3,(H,22,24). The van der Waals surface area contributed by atoms with Gasteiger partial charge in [0.05, 0.1) is 7.11 Å². The second-order valence-corrected chi connectivity index (χ2v) is 8.96. The van der Waals surface area contributed by atoms with Gasteiger partial charge in [-0.1, -0.05) is 26.0 Å². The van der Waals surface area contributed by atoms with Gasteiger partial charge in [0.1, 0.15) is 16.1 Å². The van der Waals surface area contributed by atoms with Crippen LogP contribution in [-0.2, 0) is 14.3 Å². The van der Waals surface area contributed by atoms with Gasteiger partial charge in [0, 0.05) is 5.92 Å². The maximum atomic E-state index is 12.6. The Morgan fingerprint density at radius 1 is 1.23 bits per heavy atom.